The molecule has 0 radical (unpaired) electrons. The molecule has 5 rings (SSSR count). The lowest BCUT2D eigenvalue weighted by Gasteiger charge is -2.50. The molecule has 0 bridgehead atoms. The summed E-state index contributed by atoms with van der Waals surface area (Å²) in [7, 11) is 0. The summed E-state index contributed by atoms with van der Waals surface area (Å²) in [5, 5.41) is 0. The van der Waals surface area contributed by atoms with E-state index in [1.54, 1.807) is 0 Å². The Morgan fingerprint density at radius 3 is 1.08 bits per heavy atom. The van der Waals surface area contributed by atoms with Crippen LogP contribution in [0.25, 0.3) is 0 Å². The maximum absolute atomic E-state index is 5.41. The van der Waals surface area contributed by atoms with Crippen molar-refractivity contribution in [3.05, 3.63) is 18.2 Å². The molecule has 1 aromatic heterocycles. The minimum absolute atomic E-state index is 0.132. The van der Waals surface area contributed by atoms with E-state index in [0.717, 1.165) is 23.6 Å². The summed E-state index contributed by atoms with van der Waals surface area (Å²) in [6, 6.07) is 6.43. The van der Waals surface area contributed by atoms with Crippen LogP contribution in [-0.2, 0) is 0 Å². The number of guanidine groups is 2. The zero-order valence-corrected chi connectivity index (χ0v) is 26.9. The van der Waals surface area contributed by atoms with Crippen molar-refractivity contribution >= 4 is 23.6 Å². The van der Waals surface area contributed by atoms with Crippen LogP contribution in [0.3, 0.4) is 0 Å². The molecular weight excluding hydrogens is 470 g/mol. The zero-order chi connectivity index (χ0) is 28.9. The minimum Gasteiger partial charge on any atom is -0.327 e. The molecule has 0 unspecified atom stereocenters. The number of hydrogen-bond donors (Lipinski definition) is 0. The Balaban J connectivity index is 1.68. The first-order chi connectivity index (χ1) is 16.9. The Hall–Kier alpha value is -2.31. The van der Waals surface area contributed by atoms with E-state index < -0.39 is 0 Å². The first kappa shape index (κ1) is 27.3. The number of anilines is 2. The molecule has 0 amide bonds. The van der Waals surface area contributed by atoms with Crippen LogP contribution in [0.1, 0.15) is 111 Å². The maximum Gasteiger partial charge on any atom is 0.204 e. The number of rotatable bonds is 2. The third-order valence-electron chi connectivity index (χ3n) is 12.1. The first-order valence-corrected chi connectivity index (χ1v) is 14.3. The molecule has 0 spiro atoms. The lowest BCUT2D eigenvalue weighted by Crippen LogP contribution is -2.63. The highest BCUT2D eigenvalue weighted by molar-refractivity contribution is 6.04. The lowest BCUT2D eigenvalue weighted by molar-refractivity contribution is 0.0527. The van der Waals surface area contributed by atoms with Gasteiger partial charge in [-0.2, -0.15) is 0 Å². The molecule has 0 aliphatic carbocycles. The number of aromatic nitrogens is 1. The summed E-state index contributed by atoms with van der Waals surface area (Å²) >= 11 is 0. The Morgan fingerprint density at radius 2 is 0.763 bits per heavy atom. The van der Waals surface area contributed by atoms with Crippen LogP contribution in [0.2, 0.25) is 0 Å². The van der Waals surface area contributed by atoms with Gasteiger partial charge in [0.25, 0.3) is 0 Å². The fourth-order valence-electron chi connectivity index (χ4n) is 7.15. The van der Waals surface area contributed by atoms with Crippen molar-refractivity contribution in [3.8, 4) is 0 Å². The van der Waals surface area contributed by atoms with E-state index in [-0.39, 0.29) is 44.3 Å². The molecule has 0 aromatic carbocycles. The fourth-order valence-corrected chi connectivity index (χ4v) is 7.15. The summed E-state index contributed by atoms with van der Waals surface area (Å²) in [6.07, 6.45) is 0. The van der Waals surface area contributed by atoms with Gasteiger partial charge in [-0.3, -0.25) is 9.80 Å². The highest BCUT2D eigenvalue weighted by Crippen LogP contribution is 2.55. The van der Waals surface area contributed by atoms with E-state index in [4.69, 9.17) is 15.0 Å². The minimum atomic E-state index is -0.230. The van der Waals surface area contributed by atoms with Gasteiger partial charge >= 0.3 is 0 Å². The summed E-state index contributed by atoms with van der Waals surface area (Å²) in [6.45, 7) is 36.9. The van der Waals surface area contributed by atoms with Crippen molar-refractivity contribution in [1.82, 2.24) is 14.8 Å². The molecular formula is C31H51N7. The standard InChI is InChI=1S/C31H51N7/c1-24(2)26(5,6)37-22(33-24)35(28(9,10)30(37,13)14)20-18-17-19-21(32-20)36-23-34-25(3,4)27(7,8)38(23)31(15,16)29(36,11)12/h17-19H,1-16H3. The summed E-state index contributed by atoms with van der Waals surface area (Å²) < 4.78 is 0. The predicted octanol–water partition coefficient (Wildman–Crippen LogP) is 6.29. The van der Waals surface area contributed by atoms with Gasteiger partial charge in [-0.1, -0.05) is 6.07 Å². The molecule has 0 saturated carbocycles. The van der Waals surface area contributed by atoms with Crippen molar-refractivity contribution < 1.29 is 0 Å². The molecule has 2 saturated heterocycles. The van der Waals surface area contributed by atoms with Crippen LogP contribution in [0.5, 0.6) is 0 Å². The van der Waals surface area contributed by atoms with Gasteiger partial charge in [0.05, 0.1) is 44.3 Å². The SMILES string of the molecule is CC1(C)N=C2N(c3cccc(N4C5=NC(C)(C)C(C)(C)N5C(C)(C)C4(C)C)n3)C(C)(C)C(C)(C)N2C1(C)C. The molecule has 38 heavy (non-hydrogen) atoms. The Labute approximate surface area is 231 Å². The Bertz CT molecular complexity index is 1170. The zero-order valence-electron chi connectivity index (χ0n) is 26.9. The largest absolute Gasteiger partial charge is 0.327 e. The van der Waals surface area contributed by atoms with Gasteiger partial charge in [-0.05, 0) is 123 Å². The average molecular weight is 522 g/mol. The number of hydrogen-bond acceptors (Lipinski definition) is 7. The third-order valence-corrected chi connectivity index (χ3v) is 12.1. The van der Waals surface area contributed by atoms with Gasteiger partial charge in [-0.15, -0.1) is 0 Å². The van der Waals surface area contributed by atoms with E-state index >= 15 is 0 Å². The fraction of sp³-hybridized carbons (Fsp3) is 0.774. The van der Waals surface area contributed by atoms with Crippen LogP contribution in [-0.4, -0.2) is 71.0 Å². The predicted molar refractivity (Wildman–Crippen MR) is 160 cm³/mol. The van der Waals surface area contributed by atoms with Crippen LogP contribution >= 0.6 is 0 Å². The van der Waals surface area contributed by atoms with Crippen molar-refractivity contribution in [1.29, 1.82) is 0 Å². The summed E-state index contributed by atoms with van der Waals surface area (Å²) in [5.74, 6) is 3.89. The highest BCUT2D eigenvalue weighted by Gasteiger charge is 2.68. The molecule has 210 valence electrons. The second-order valence-corrected chi connectivity index (χ2v) is 16.0. The Morgan fingerprint density at radius 1 is 0.447 bits per heavy atom. The van der Waals surface area contributed by atoms with Crippen molar-refractivity contribution in [2.75, 3.05) is 9.80 Å². The Kier molecular flexibility index (Phi) is 4.93. The van der Waals surface area contributed by atoms with Crippen molar-refractivity contribution in [2.24, 2.45) is 9.98 Å². The van der Waals surface area contributed by atoms with Gasteiger partial charge in [-0.25, -0.2) is 15.0 Å². The molecule has 2 fully saturated rings. The van der Waals surface area contributed by atoms with E-state index in [1.807, 2.05) is 0 Å². The van der Waals surface area contributed by atoms with Crippen molar-refractivity contribution in [2.45, 2.75) is 155 Å². The first-order valence-electron chi connectivity index (χ1n) is 14.3. The monoisotopic (exact) mass is 521 g/mol. The van der Waals surface area contributed by atoms with E-state index in [2.05, 4.69) is 149 Å². The summed E-state index contributed by atoms with van der Waals surface area (Å²) in [5.41, 5.74) is -1.48. The quantitative estimate of drug-likeness (QED) is 0.458. The molecule has 4 aliphatic rings. The van der Waals surface area contributed by atoms with Crippen LogP contribution in [0, 0.1) is 0 Å². The van der Waals surface area contributed by atoms with E-state index in [9.17, 15) is 0 Å². The molecule has 0 N–H and O–H groups in total. The summed E-state index contributed by atoms with van der Waals surface area (Å²) in [4.78, 5) is 25.9. The molecule has 7 nitrogen and oxygen atoms in total. The van der Waals surface area contributed by atoms with Crippen LogP contribution < -0.4 is 9.80 Å². The van der Waals surface area contributed by atoms with Gasteiger partial charge in [0, 0.05) is 0 Å². The van der Waals surface area contributed by atoms with Crippen molar-refractivity contribution in [3.63, 3.8) is 0 Å². The van der Waals surface area contributed by atoms with E-state index in [0.29, 0.717) is 0 Å². The molecule has 5 heterocycles. The maximum atomic E-state index is 5.41. The smallest absolute Gasteiger partial charge is 0.204 e. The van der Waals surface area contributed by atoms with Crippen LogP contribution in [0.15, 0.2) is 28.2 Å². The van der Waals surface area contributed by atoms with Gasteiger partial charge < -0.3 is 9.80 Å². The molecule has 7 heteroatoms. The number of pyridine rings is 1. The average Bonchev–Trinajstić information content (AvgIpc) is 3.15. The van der Waals surface area contributed by atoms with Gasteiger partial charge in [0.2, 0.25) is 11.9 Å². The van der Waals surface area contributed by atoms with Crippen LogP contribution in [0.4, 0.5) is 11.6 Å². The molecule has 0 atom stereocenters. The topological polar surface area (TPSA) is 50.6 Å². The number of fused-ring (bicyclic) bond motifs is 2. The lowest BCUT2D eigenvalue weighted by atomic mass is 9.76. The van der Waals surface area contributed by atoms with E-state index in [1.165, 1.54) is 0 Å². The molecule has 4 aliphatic heterocycles. The normalized spacial score (nSPS) is 29.8. The number of aliphatic imine (C=N–C) groups is 2. The second-order valence-electron chi connectivity index (χ2n) is 16.0. The highest BCUT2D eigenvalue weighted by atomic mass is 15.6. The van der Waals surface area contributed by atoms with Gasteiger partial charge in [0.15, 0.2) is 0 Å². The second kappa shape index (κ2) is 6.87. The van der Waals surface area contributed by atoms with Gasteiger partial charge in [0.1, 0.15) is 11.6 Å². The third kappa shape index (κ3) is 2.79. The number of nitrogens with zero attached hydrogens (tertiary/aromatic N) is 7. The molecule has 1 aromatic rings.